The van der Waals surface area contributed by atoms with Crippen LogP contribution >= 0.6 is 10.7 Å². The van der Waals surface area contributed by atoms with Crippen LogP contribution in [0.5, 0.6) is 0 Å². The molecule has 1 aliphatic heterocycles. The van der Waals surface area contributed by atoms with Crippen molar-refractivity contribution in [2.75, 3.05) is 13.1 Å². The maximum atomic E-state index is 11.1. The van der Waals surface area contributed by atoms with Crippen molar-refractivity contribution < 1.29 is 13.2 Å². The van der Waals surface area contributed by atoms with Crippen LogP contribution in [0.25, 0.3) is 0 Å². The molecule has 6 heteroatoms. The Morgan fingerprint density at radius 2 is 2.25 bits per heavy atom. The van der Waals surface area contributed by atoms with Gasteiger partial charge in [-0.2, -0.15) is 0 Å². The Kier molecular flexibility index (Phi) is 2.63. The normalized spacial score (nSPS) is 25.0. The van der Waals surface area contributed by atoms with Crippen LogP contribution in [-0.2, 0) is 13.8 Å². The third-order valence-corrected chi connectivity index (χ3v) is 3.83. The zero-order valence-corrected chi connectivity index (χ0v) is 8.23. The van der Waals surface area contributed by atoms with E-state index in [0.717, 1.165) is 0 Å². The van der Waals surface area contributed by atoms with Crippen molar-refractivity contribution in [1.29, 1.82) is 0 Å². The minimum absolute atomic E-state index is 0.0275. The van der Waals surface area contributed by atoms with Crippen LogP contribution in [0.4, 0.5) is 0 Å². The number of nitrogens with zero attached hydrogens (tertiary/aromatic N) is 1. The molecule has 4 nitrogen and oxygen atoms in total. The summed E-state index contributed by atoms with van der Waals surface area (Å²) >= 11 is 0. The number of carbonyl (C=O) groups excluding carboxylic acids is 1. The van der Waals surface area contributed by atoms with E-state index in [0.29, 0.717) is 6.54 Å². The quantitative estimate of drug-likeness (QED) is 0.613. The second-order valence-corrected chi connectivity index (χ2v) is 5.64. The van der Waals surface area contributed by atoms with Gasteiger partial charge in [0.1, 0.15) is 5.25 Å². The van der Waals surface area contributed by atoms with Crippen LogP contribution in [0.15, 0.2) is 0 Å². The summed E-state index contributed by atoms with van der Waals surface area (Å²) in [6.07, 6.45) is 0.0275. The lowest BCUT2D eigenvalue weighted by atomic mass is 10.4. The number of likely N-dealkylation sites (tertiary alicyclic amines) is 1. The third kappa shape index (κ3) is 1.90. The van der Waals surface area contributed by atoms with Crippen LogP contribution in [0.1, 0.15) is 13.3 Å². The van der Waals surface area contributed by atoms with Gasteiger partial charge in [0.25, 0.3) is 0 Å². The van der Waals surface area contributed by atoms with Gasteiger partial charge in [0.15, 0.2) is 0 Å². The molecule has 1 atom stereocenters. The molecule has 1 rings (SSSR count). The van der Waals surface area contributed by atoms with Gasteiger partial charge >= 0.3 is 0 Å². The summed E-state index contributed by atoms with van der Waals surface area (Å²) < 4.78 is 21.7. The highest BCUT2D eigenvalue weighted by Gasteiger charge is 2.36. The van der Waals surface area contributed by atoms with Crippen molar-refractivity contribution in [2.45, 2.75) is 18.6 Å². The molecule has 0 N–H and O–H groups in total. The van der Waals surface area contributed by atoms with Crippen LogP contribution in [-0.4, -0.2) is 37.6 Å². The molecular formula is C6H10ClNO3S. The lowest BCUT2D eigenvalue weighted by molar-refractivity contribution is -0.127. The molecule has 1 heterocycles. The number of amides is 1. The number of hydrogen-bond acceptors (Lipinski definition) is 3. The van der Waals surface area contributed by atoms with Gasteiger partial charge in [-0.1, -0.05) is 0 Å². The summed E-state index contributed by atoms with van der Waals surface area (Å²) in [6, 6.07) is 0. The van der Waals surface area contributed by atoms with E-state index >= 15 is 0 Å². The van der Waals surface area contributed by atoms with Gasteiger partial charge < -0.3 is 4.90 Å². The topological polar surface area (TPSA) is 54.5 Å². The summed E-state index contributed by atoms with van der Waals surface area (Å²) in [4.78, 5) is 12.6. The van der Waals surface area contributed by atoms with Crippen LogP contribution in [0.2, 0.25) is 0 Å². The van der Waals surface area contributed by atoms with Crippen LogP contribution in [0, 0.1) is 0 Å². The molecule has 0 saturated carbocycles. The molecule has 1 saturated heterocycles. The SMILES string of the molecule is CCN1C[C@H](S(=O)(=O)Cl)CC1=O. The minimum atomic E-state index is -3.57. The summed E-state index contributed by atoms with van der Waals surface area (Å²) in [5.41, 5.74) is 0. The van der Waals surface area contributed by atoms with Crippen molar-refractivity contribution in [2.24, 2.45) is 0 Å². The first-order valence-corrected chi connectivity index (χ1v) is 6.03. The fourth-order valence-electron chi connectivity index (χ4n) is 1.23. The van der Waals surface area contributed by atoms with E-state index in [1.807, 2.05) is 0 Å². The Morgan fingerprint density at radius 1 is 1.67 bits per heavy atom. The second kappa shape index (κ2) is 3.22. The summed E-state index contributed by atoms with van der Waals surface area (Å²) in [5.74, 6) is -0.133. The van der Waals surface area contributed by atoms with Crippen molar-refractivity contribution in [1.82, 2.24) is 4.90 Å². The average Bonchev–Trinajstić information content (AvgIpc) is 2.29. The molecule has 0 aromatic rings. The van der Waals surface area contributed by atoms with Crippen molar-refractivity contribution in [3.8, 4) is 0 Å². The molecule has 0 aromatic carbocycles. The Bertz CT molecular complexity index is 287. The highest BCUT2D eigenvalue weighted by Crippen LogP contribution is 2.20. The highest BCUT2D eigenvalue weighted by atomic mass is 35.7. The standard InChI is InChI=1S/C6H10ClNO3S/c1-2-8-4-5(3-6(8)9)12(7,10)11/h5H,2-4H2,1H3/t5-/m1/s1. The molecule has 0 unspecified atom stereocenters. The number of carbonyl (C=O) groups is 1. The largest absolute Gasteiger partial charge is 0.342 e. The van der Waals surface area contributed by atoms with Crippen LogP contribution < -0.4 is 0 Å². The third-order valence-electron chi connectivity index (χ3n) is 1.96. The molecule has 1 fully saturated rings. The average molecular weight is 212 g/mol. The van der Waals surface area contributed by atoms with Gasteiger partial charge in [-0.05, 0) is 6.92 Å². The Hall–Kier alpha value is -0.290. The Morgan fingerprint density at radius 3 is 2.50 bits per heavy atom. The number of halogens is 1. The molecule has 12 heavy (non-hydrogen) atoms. The first-order chi connectivity index (χ1) is 5.45. The van der Waals surface area contributed by atoms with Crippen LogP contribution in [0.3, 0.4) is 0 Å². The van der Waals surface area contributed by atoms with E-state index in [-0.39, 0.29) is 18.9 Å². The molecule has 0 spiro atoms. The van der Waals surface area contributed by atoms with E-state index in [9.17, 15) is 13.2 Å². The Labute approximate surface area is 75.9 Å². The number of rotatable bonds is 2. The molecule has 0 aromatic heterocycles. The van der Waals surface area contributed by atoms with E-state index in [1.165, 1.54) is 4.90 Å². The molecule has 0 bridgehead atoms. The summed E-state index contributed by atoms with van der Waals surface area (Å²) in [6.45, 7) is 2.59. The minimum Gasteiger partial charge on any atom is -0.342 e. The maximum Gasteiger partial charge on any atom is 0.237 e. The smallest absolute Gasteiger partial charge is 0.237 e. The van der Waals surface area contributed by atoms with Gasteiger partial charge in [-0.3, -0.25) is 4.79 Å². The first-order valence-electron chi connectivity index (χ1n) is 3.66. The molecule has 70 valence electrons. The molecule has 0 aliphatic carbocycles. The van der Waals surface area contributed by atoms with E-state index in [4.69, 9.17) is 10.7 Å². The zero-order valence-electron chi connectivity index (χ0n) is 6.66. The van der Waals surface area contributed by atoms with Crippen molar-refractivity contribution in [3.05, 3.63) is 0 Å². The first kappa shape index (κ1) is 9.80. The lowest BCUT2D eigenvalue weighted by Crippen LogP contribution is -2.26. The fraction of sp³-hybridized carbons (Fsp3) is 0.833. The molecule has 1 amide bonds. The molecular weight excluding hydrogens is 202 g/mol. The van der Waals surface area contributed by atoms with Crippen molar-refractivity contribution >= 4 is 25.6 Å². The summed E-state index contributed by atoms with van der Waals surface area (Å²) in [5, 5.41) is -0.716. The Balaban J connectivity index is 2.73. The second-order valence-electron chi connectivity index (χ2n) is 2.73. The summed E-state index contributed by atoms with van der Waals surface area (Å²) in [7, 11) is 1.55. The van der Waals surface area contributed by atoms with E-state index < -0.39 is 14.3 Å². The van der Waals surface area contributed by atoms with E-state index in [1.54, 1.807) is 6.92 Å². The lowest BCUT2D eigenvalue weighted by Gasteiger charge is -2.11. The van der Waals surface area contributed by atoms with Gasteiger partial charge in [0, 0.05) is 30.2 Å². The van der Waals surface area contributed by atoms with Gasteiger partial charge in [-0.25, -0.2) is 8.42 Å². The van der Waals surface area contributed by atoms with Gasteiger partial charge in [-0.15, -0.1) is 0 Å². The van der Waals surface area contributed by atoms with E-state index in [2.05, 4.69) is 0 Å². The monoisotopic (exact) mass is 211 g/mol. The molecule has 0 radical (unpaired) electrons. The highest BCUT2D eigenvalue weighted by molar-refractivity contribution is 8.14. The number of hydrogen-bond donors (Lipinski definition) is 0. The predicted octanol–water partition coefficient (Wildman–Crippen LogP) is 0.176. The van der Waals surface area contributed by atoms with Gasteiger partial charge in [0.2, 0.25) is 15.0 Å². The zero-order chi connectivity index (χ0) is 9.35. The predicted molar refractivity (Wildman–Crippen MR) is 45.4 cm³/mol. The molecule has 1 aliphatic rings. The fourth-order valence-corrected chi connectivity index (χ4v) is 2.29. The maximum absolute atomic E-state index is 11.1. The van der Waals surface area contributed by atoms with Crippen molar-refractivity contribution in [3.63, 3.8) is 0 Å². The van der Waals surface area contributed by atoms with Gasteiger partial charge in [0.05, 0.1) is 0 Å².